The highest BCUT2D eigenvalue weighted by Gasteiger charge is 2.29. The van der Waals surface area contributed by atoms with Crippen LogP contribution in [0.4, 0.5) is 0 Å². The SMILES string of the molecule is CC(C)(CCCC(=O)N1CCc2c(n(Cc3ccc(C#N)cc3)c3ncccc23)C1)C(=O)O. The number of hydrogen-bond acceptors (Lipinski definition) is 4. The van der Waals surface area contributed by atoms with E-state index in [-0.39, 0.29) is 5.91 Å². The van der Waals surface area contributed by atoms with Gasteiger partial charge in [0.2, 0.25) is 5.91 Å². The van der Waals surface area contributed by atoms with Gasteiger partial charge in [-0.05, 0) is 68.5 Å². The van der Waals surface area contributed by atoms with E-state index in [0.29, 0.717) is 44.5 Å². The van der Waals surface area contributed by atoms with Crippen LogP contribution in [0.15, 0.2) is 42.6 Å². The molecule has 0 bridgehead atoms. The third-order valence-corrected chi connectivity index (χ3v) is 6.56. The number of carboxylic acid groups (broad SMARTS) is 1. The summed E-state index contributed by atoms with van der Waals surface area (Å²) in [7, 11) is 0. The number of pyridine rings is 1. The summed E-state index contributed by atoms with van der Waals surface area (Å²) in [6, 6.07) is 13.7. The summed E-state index contributed by atoms with van der Waals surface area (Å²) in [5, 5.41) is 19.5. The molecule has 0 radical (unpaired) electrons. The van der Waals surface area contributed by atoms with Crippen LogP contribution in [0.5, 0.6) is 0 Å². The number of nitriles is 1. The second-order valence-electron chi connectivity index (χ2n) is 9.30. The molecule has 0 saturated carbocycles. The van der Waals surface area contributed by atoms with Crippen molar-refractivity contribution < 1.29 is 14.7 Å². The topological polar surface area (TPSA) is 99.2 Å². The van der Waals surface area contributed by atoms with E-state index >= 15 is 0 Å². The average molecular weight is 445 g/mol. The van der Waals surface area contributed by atoms with Crippen molar-refractivity contribution in [3.63, 3.8) is 0 Å². The highest BCUT2D eigenvalue weighted by atomic mass is 16.4. The zero-order valence-corrected chi connectivity index (χ0v) is 19.0. The smallest absolute Gasteiger partial charge is 0.309 e. The zero-order valence-electron chi connectivity index (χ0n) is 19.0. The Kier molecular flexibility index (Phi) is 6.19. The summed E-state index contributed by atoms with van der Waals surface area (Å²) in [5.41, 5.74) is 4.11. The van der Waals surface area contributed by atoms with Crippen LogP contribution >= 0.6 is 0 Å². The molecule has 1 amide bonds. The summed E-state index contributed by atoms with van der Waals surface area (Å²) >= 11 is 0. The maximum atomic E-state index is 12.9. The van der Waals surface area contributed by atoms with Crippen molar-refractivity contribution in [2.24, 2.45) is 5.41 Å². The van der Waals surface area contributed by atoms with Crippen LogP contribution in [0.2, 0.25) is 0 Å². The Morgan fingerprint density at radius 3 is 2.67 bits per heavy atom. The van der Waals surface area contributed by atoms with E-state index < -0.39 is 11.4 Å². The van der Waals surface area contributed by atoms with Gasteiger partial charge < -0.3 is 14.6 Å². The molecule has 1 N–H and O–H groups in total. The van der Waals surface area contributed by atoms with Crippen molar-refractivity contribution in [1.29, 1.82) is 5.26 Å². The Hall–Kier alpha value is -3.66. The second-order valence-corrected chi connectivity index (χ2v) is 9.30. The molecule has 2 aromatic heterocycles. The average Bonchev–Trinajstić information content (AvgIpc) is 3.12. The Morgan fingerprint density at radius 2 is 1.97 bits per heavy atom. The maximum absolute atomic E-state index is 12.9. The van der Waals surface area contributed by atoms with E-state index in [4.69, 9.17) is 5.26 Å². The number of carbonyl (C=O) groups is 2. The number of benzene rings is 1. The van der Waals surface area contributed by atoms with E-state index in [1.807, 2.05) is 35.2 Å². The molecule has 0 fully saturated rings. The van der Waals surface area contributed by atoms with Crippen molar-refractivity contribution in [3.05, 3.63) is 65.0 Å². The number of aromatic nitrogens is 2. The van der Waals surface area contributed by atoms with Crippen molar-refractivity contribution in [3.8, 4) is 6.07 Å². The van der Waals surface area contributed by atoms with Crippen molar-refractivity contribution >= 4 is 22.9 Å². The van der Waals surface area contributed by atoms with Crippen LogP contribution < -0.4 is 0 Å². The lowest BCUT2D eigenvalue weighted by atomic mass is 9.87. The number of carbonyl (C=O) groups excluding carboxylic acids is 1. The van der Waals surface area contributed by atoms with Crippen LogP contribution in [-0.2, 0) is 29.1 Å². The lowest BCUT2D eigenvalue weighted by molar-refractivity contribution is -0.147. The van der Waals surface area contributed by atoms with Crippen LogP contribution in [0, 0.1) is 16.7 Å². The molecule has 7 nitrogen and oxygen atoms in total. The molecule has 33 heavy (non-hydrogen) atoms. The molecule has 3 heterocycles. The van der Waals surface area contributed by atoms with E-state index in [1.54, 1.807) is 20.0 Å². The number of fused-ring (bicyclic) bond motifs is 3. The molecule has 1 aromatic carbocycles. The first-order valence-electron chi connectivity index (χ1n) is 11.3. The minimum Gasteiger partial charge on any atom is -0.481 e. The fraction of sp³-hybridized carbons (Fsp3) is 0.385. The molecular weight excluding hydrogens is 416 g/mol. The molecular formula is C26H28N4O3. The zero-order chi connectivity index (χ0) is 23.6. The number of rotatable bonds is 7. The van der Waals surface area contributed by atoms with Crippen LogP contribution in [0.1, 0.15) is 55.5 Å². The first-order valence-corrected chi connectivity index (χ1v) is 11.3. The lowest BCUT2D eigenvalue weighted by Gasteiger charge is -2.29. The monoisotopic (exact) mass is 444 g/mol. The molecule has 7 heteroatoms. The molecule has 0 aliphatic carbocycles. The molecule has 0 atom stereocenters. The van der Waals surface area contributed by atoms with Gasteiger partial charge in [0, 0.05) is 36.8 Å². The maximum Gasteiger partial charge on any atom is 0.309 e. The summed E-state index contributed by atoms with van der Waals surface area (Å²) < 4.78 is 2.18. The molecule has 1 aliphatic heterocycles. The Labute approximate surface area is 193 Å². The van der Waals surface area contributed by atoms with E-state index in [0.717, 1.165) is 28.7 Å². The first-order chi connectivity index (χ1) is 15.8. The lowest BCUT2D eigenvalue weighted by Crippen LogP contribution is -2.36. The number of amides is 1. The predicted octanol–water partition coefficient (Wildman–Crippen LogP) is 4.12. The van der Waals surface area contributed by atoms with Gasteiger partial charge in [-0.15, -0.1) is 0 Å². The van der Waals surface area contributed by atoms with Crippen molar-refractivity contribution in [2.75, 3.05) is 6.54 Å². The van der Waals surface area contributed by atoms with Crippen molar-refractivity contribution in [2.45, 2.75) is 52.6 Å². The normalized spacial score (nSPS) is 13.5. The third kappa shape index (κ3) is 4.61. The van der Waals surface area contributed by atoms with E-state index in [9.17, 15) is 14.7 Å². The Morgan fingerprint density at radius 1 is 1.21 bits per heavy atom. The van der Waals surface area contributed by atoms with Gasteiger partial charge >= 0.3 is 5.97 Å². The Bertz CT molecular complexity index is 1230. The quantitative estimate of drug-likeness (QED) is 0.591. The van der Waals surface area contributed by atoms with Gasteiger partial charge in [0.1, 0.15) is 5.65 Å². The molecule has 3 aromatic rings. The van der Waals surface area contributed by atoms with Crippen molar-refractivity contribution in [1.82, 2.24) is 14.5 Å². The largest absolute Gasteiger partial charge is 0.481 e. The van der Waals surface area contributed by atoms with Gasteiger partial charge in [-0.25, -0.2) is 4.98 Å². The number of hydrogen-bond donors (Lipinski definition) is 1. The highest BCUT2D eigenvalue weighted by Crippen LogP contribution is 2.31. The van der Waals surface area contributed by atoms with E-state index in [1.165, 1.54) is 5.56 Å². The van der Waals surface area contributed by atoms with Crippen LogP contribution in [0.3, 0.4) is 0 Å². The number of nitrogens with zero attached hydrogens (tertiary/aromatic N) is 4. The van der Waals surface area contributed by atoms with Gasteiger partial charge in [-0.3, -0.25) is 9.59 Å². The standard InChI is InChI=1S/C26H28N4O3/c1-26(2,25(32)33)12-3-6-23(31)29-14-11-20-21-5-4-13-28-24(21)30(22(20)17-29)16-19-9-7-18(15-27)8-10-19/h4-5,7-10,13H,3,6,11-12,14,16-17H2,1-2H3,(H,32,33). The summed E-state index contributed by atoms with van der Waals surface area (Å²) in [4.78, 5) is 30.8. The van der Waals surface area contributed by atoms with E-state index in [2.05, 4.69) is 21.7 Å². The second kappa shape index (κ2) is 9.07. The van der Waals surface area contributed by atoms with Crippen LogP contribution in [0.25, 0.3) is 11.0 Å². The molecule has 0 spiro atoms. The molecule has 0 saturated heterocycles. The third-order valence-electron chi connectivity index (χ3n) is 6.56. The number of aliphatic carboxylic acids is 1. The van der Waals surface area contributed by atoms with Gasteiger partial charge in [0.15, 0.2) is 0 Å². The van der Waals surface area contributed by atoms with Gasteiger partial charge in [-0.1, -0.05) is 12.1 Å². The summed E-state index contributed by atoms with van der Waals surface area (Å²) in [6.07, 6.45) is 3.92. The molecule has 1 aliphatic rings. The minimum absolute atomic E-state index is 0.0602. The predicted molar refractivity (Wildman–Crippen MR) is 124 cm³/mol. The highest BCUT2D eigenvalue weighted by molar-refractivity contribution is 5.84. The first kappa shape index (κ1) is 22.5. The molecule has 170 valence electrons. The van der Waals surface area contributed by atoms with Gasteiger partial charge in [-0.2, -0.15) is 5.26 Å². The summed E-state index contributed by atoms with van der Waals surface area (Å²) in [5.74, 6) is -0.776. The van der Waals surface area contributed by atoms with Crippen LogP contribution in [-0.4, -0.2) is 38.0 Å². The fourth-order valence-electron chi connectivity index (χ4n) is 4.46. The summed E-state index contributed by atoms with van der Waals surface area (Å²) in [6.45, 7) is 5.18. The fourth-order valence-corrected chi connectivity index (χ4v) is 4.46. The van der Waals surface area contributed by atoms with Gasteiger partial charge in [0.05, 0.1) is 23.6 Å². The minimum atomic E-state index is -0.836. The molecule has 0 unspecified atom stereocenters. The molecule has 4 rings (SSSR count). The van der Waals surface area contributed by atoms with Gasteiger partial charge in [0.25, 0.3) is 0 Å². The number of carboxylic acids is 1. The Balaban J connectivity index is 1.55.